The van der Waals surface area contributed by atoms with Gasteiger partial charge in [-0.05, 0) is 43.3 Å². The number of carbonyl (C=O) groups excluding carboxylic acids is 1. The van der Waals surface area contributed by atoms with Crippen LogP contribution in [-0.2, 0) is 4.74 Å². The number of ether oxygens (including phenoxy) is 2. The maximum atomic E-state index is 13.6. The molecule has 0 fully saturated rings. The lowest BCUT2D eigenvalue weighted by molar-refractivity contribution is 0.102. The minimum atomic E-state index is -0.853. The van der Waals surface area contributed by atoms with Crippen molar-refractivity contribution in [3.8, 4) is 22.8 Å². The molecule has 1 aromatic heterocycles. The molecule has 3 rings (SSSR count). The van der Waals surface area contributed by atoms with Gasteiger partial charge in [0.05, 0.1) is 18.0 Å². The van der Waals surface area contributed by atoms with Crippen LogP contribution in [0.4, 0.5) is 9.18 Å². The molecular formula is C18H14ClFN2O3. The van der Waals surface area contributed by atoms with Crippen molar-refractivity contribution in [2.24, 2.45) is 0 Å². The van der Waals surface area contributed by atoms with E-state index in [9.17, 15) is 9.18 Å². The predicted molar refractivity (Wildman–Crippen MR) is 91.6 cm³/mol. The van der Waals surface area contributed by atoms with Gasteiger partial charge in [0.2, 0.25) is 5.88 Å². The van der Waals surface area contributed by atoms with Crippen molar-refractivity contribution in [2.45, 2.75) is 6.92 Å². The summed E-state index contributed by atoms with van der Waals surface area (Å²) in [5.41, 5.74) is 1.82. The molecule has 0 unspecified atom stereocenters. The van der Waals surface area contributed by atoms with Crippen LogP contribution < -0.4 is 4.74 Å². The summed E-state index contributed by atoms with van der Waals surface area (Å²) in [4.78, 5) is 11.5. The van der Waals surface area contributed by atoms with Gasteiger partial charge >= 0.3 is 6.16 Å². The smallest absolute Gasteiger partial charge is 0.434 e. The second kappa shape index (κ2) is 7.36. The van der Waals surface area contributed by atoms with Gasteiger partial charge in [-0.2, -0.15) is 0 Å². The number of rotatable bonds is 4. The van der Waals surface area contributed by atoms with Gasteiger partial charge in [0, 0.05) is 16.7 Å². The Bertz CT molecular complexity index is 894. The molecule has 0 radical (unpaired) electrons. The van der Waals surface area contributed by atoms with Crippen LogP contribution in [0.2, 0.25) is 5.02 Å². The highest BCUT2D eigenvalue weighted by Gasteiger charge is 2.16. The van der Waals surface area contributed by atoms with Crippen molar-refractivity contribution in [1.29, 1.82) is 0 Å². The Morgan fingerprint density at radius 3 is 2.64 bits per heavy atom. The molecule has 7 heteroatoms. The van der Waals surface area contributed by atoms with Crippen LogP contribution in [0, 0.1) is 5.82 Å². The molecule has 0 N–H and O–H groups in total. The third kappa shape index (κ3) is 3.97. The van der Waals surface area contributed by atoms with Gasteiger partial charge in [0.15, 0.2) is 0 Å². The van der Waals surface area contributed by atoms with Gasteiger partial charge in [-0.15, -0.1) is 5.10 Å². The van der Waals surface area contributed by atoms with Crippen molar-refractivity contribution in [2.75, 3.05) is 6.61 Å². The molecule has 3 aromatic rings. The fourth-order valence-electron chi connectivity index (χ4n) is 2.27. The first-order chi connectivity index (χ1) is 12.1. The van der Waals surface area contributed by atoms with E-state index >= 15 is 0 Å². The average molecular weight is 361 g/mol. The fourth-order valence-corrected chi connectivity index (χ4v) is 2.40. The summed E-state index contributed by atoms with van der Waals surface area (Å²) < 4.78 is 25.0. The summed E-state index contributed by atoms with van der Waals surface area (Å²) in [6, 6.07) is 14.5. The van der Waals surface area contributed by atoms with Crippen LogP contribution in [0.3, 0.4) is 0 Å². The largest absolute Gasteiger partial charge is 0.515 e. The molecule has 2 aromatic carbocycles. The first-order valence-corrected chi connectivity index (χ1v) is 7.91. The molecule has 0 saturated heterocycles. The summed E-state index contributed by atoms with van der Waals surface area (Å²) in [5.74, 6) is -0.332. The van der Waals surface area contributed by atoms with E-state index in [0.717, 1.165) is 0 Å². The SMILES string of the molecule is CCOC(=O)Oc1cc(-c2cccc(F)c2)n(-c2ccc(Cl)cc2)n1. The number of aromatic nitrogens is 2. The molecule has 0 spiro atoms. The van der Waals surface area contributed by atoms with E-state index in [1.165, 1.54) is 12.1 Å². The molecule has 0 amide bonds. The summed E-state index contributed by atoms with van der Waals surface area (Å²) in [6.07, 6.45) is -0.853. The molecule has 0 aliphatic carbocycles. The predicted octanol–water partition coefficient (Wildman–Crippen LogP) is 4.87. The zero-order chi connectivity index (χ0) is 17.8. The molecule has 25 heavy (non-hydrogen) atoms. The second-order valence-electron chi connectivity index (χ2n) is 5.05. The number of carbonyl (C=O) groups is 1. The standard InChI is InChI=1S/C18H14ClFN2O3/c1-2-24-18(23)25-17-11-16(12-4-3-5-14(20)10-12)22(21-17)15-8-6-13(19)7-9-15/h3-11H,2H2,1H3. The zero-order valence-corrected chi connectivity index (χ0v) is 14.0. The van der Waals surface area contributed by atoms with Crippen molar-refractivity contribution in [3.63, 3.8) is 0 Å². The van der Waals surface area contributed by atoms with Crippen LogP contribution in [0.5, 0.6) is 5.88 Å². The molecule has 5 nitrogen and oxygen atoms in total. The third-order valence-electron chi connectivity index (χ3n) is 3.33. The first-order valence-electron chi connectivity index (χ1n) is 7.53. The monoisotopic (exact) mass is 360 g/mol. The number of halogens is 2. The average Bonchev–Trinajstić information content (AvgIpc) is 2.99. The molecule has 0 aliphatic rings. The van der Waals surface area contributed by atoms with Gasteiger partial charge in [-0.3, -0.25) is 0 Å². The molecule has 1 heterocycles. The van der Waals surface area contributed by atoms with E-state index in [2.05, 4.69) is 5.10 Å². The number of nitrogens with zero attached hydrogens (tertiary/aromatic N) is 2. The minimum Gasteiger partial charge on any atom is -0.434 e. The molecule has 0 atom stereocenters. The lowest BCUT2D eigenvalue weighted by Crippen LogP contribution is -2.10. The highest BCUT2D eigenvalue weighted by Crippen LogP contribution is 2.28. The number of hydrogen-bond acceptors (Lipinski definition) is 4. The van der Waals surface area contributed by atoms with Crippen LogP contribution in [-0.4, -0.2) is 22.5 Å². The number of hydrogen-bond donors (Lipinski definition) is 0. The lowest BCUT2D eigenvalue weighted by Gasteiger charge is -2.07. The van der Waals surface area contributed by atoms with Gasteiger partial charge < -0.3 is 9.47 Å². The van der Waals surface area contributed by atoms with Crippen LogP contribution in [0.15, 0.2) is 54.6 Å². The molecule has 0 saturated carbocycles. The van der Waals surface area contributed by atoms with Crippen LogP contribution in [0.1, 0.15) is 6.92 Å². The van der Waals surface area contributed by atoms with Gasteiger partial charge in [-0.25, -0.2) is 13.9 Å². The van der Waals surface area contributed by atoms with Crippen molar-refractivity contribution in [3.05, 3.63) is 65.4 Å². The summed E-state index contributed by atoms with van der Waals surface area (Å²) in [7, 11) is 0. The molecule has 0 aliphatic heterocycles. The van der Waals surface area contributed by atoms with E-state index in [0.29, 0.717) is 22.0 Å². The molecule has 128 valence electrons. The van der Waals surface area contributed by atoms with Gasteiger partial charge in [0.1, 0.15) is 5.82 Å². The molecular weight excluding hydrogens is 347 g/mol. The van der Waals surface area contributed by atoms with E-state index in [1.807, 2.05) is 0 Å². The van der Waals surface area contributed by atoms with E-state index in [-0.39, 0.29) is 18.3 Å². The van der Waals surface area contributed by atoms with Crippen LogP contribution in [0.25, 0.3) is 16.9 Å². The number of benzene rings is 2. The van der Waals surface area contributed by atoms with E-state index < -0.39 is 6.16 Å². The highest BCUT2D eigenvalue weighted by molar-refractivity contribution is 6.30. The van der Waals surface area contributed by atoms with E-state index in [1.54, 1.807) is 54.1 Å². The third-order valence-corrected chi connectivity index (χ3v) is 3.58. The topological polar surface area (TPSA) is 53.4 Å². The summed E-state index contributed by atoms with van der Waals surface area (Å²) >= 11 is 5.92. The Morgan fingerprint density at radius 2 is 1.96 bits per heavy atom. The Morgan fingerprint density at radius 1 is 1.20 bits per heavy atom. The second-order valence-corrected chi connectivity index (χ2v) is 5.49. The maximum absolute atomic E-state index is 13.6. The highest BCUT2D eigenvalue weighted by atomic mass is 35.5. The first kappa shape index (κ1) is 17.0. The Labute approximate surface area is 148 Å². The Hall–Kier alpha value is -2.86. The quantitative estimate of drug-likeness (QED) is 0.623. The Kier molecular flexibility index (Phi) is 5.00. The van der Waals surface area contributed by atoms with E-state index in [4.69, 9.17) is 21.1 Å². The van der Waals surface area contributed by atoms with Crippen molar-refractivity contribution >= 4 is 17.8 Å². The van der Waals surface area contributed by atoms with Gasteiger partial charge in [-0.1, -0.05) is 23.7 Å². The summed E-state index contributed by atoms with van der Waals surface area (Å²) in [5, 5.41) is 4.84. The summed E-state index contributed by atoms with van der Waals surface area (Å²) in [6.45, 7) is 1.86. The normalized spacial score (nSPS) is 10.5. The fraction of sp³-hybridized carbons (Fsp3) is 0.111. The zero-order valence-electron chi connectivity index (χ0n) is 13.3. The van der Waals surface area contributed by atoms with Crippen LogP contribution >= 0.6 is 11.6 Å². The van der Waals surface area contributed by atoms with Gasteiger partial charge in [0.25, 0.3) is 0 Å². The van der Waals surface area contributed by atoms with Crippen molar-refractivity contribution < 1.29 is 18.7 Å². The minimum absolute atomic E-state index is 0.0488. The van der Waals surface area contributed by atoms with Crippen molar-refractivity contribution in [1.82, 2.24) is 9.78 Å². The Balaban J connectivity index is 2.06. The maximum Gasteiger partial charge on any atom is 0.515 e. The lowest BCUT2D eigenvalue weighted by atomic mass is 10.1. The molecule has 0 bridgehead atoms.